The zero-order valence-corrected chi connectivity index (χ0v) is 8.49. The standard InChI is InChI=1S/C8H13F2NO2S/c9-8(10)3-7(4-8)11-6-1-2-14(12,13)5-6/h6-7,11H,1-5H2. The predicted molar refractivity (Wildman–Crippen MR) is 48.2 cm³/mol. The lowest BCUT2D eigenvalue weighted by atomic mass is 9.87. The van der Waals surface area contributed by atoms with Crippen molar-refractivity contribution in [2.45, 2.75) is 37.3 Å². The summed E-state index contributed by atoms with van der Waals surface area (Å²) in [4.78, 5) is 0. The smallest absolute Gasteiger partial charge is 0.251 e. The highest BCUT2D eigenvalue weighted by atomic mass is 32.2. The van der Waals surface area contributed by atoms with Crippen LogP contribution in [0.25, 0.3) is 0 Å². The van der Waals surface area contributed by atoms with Crippen LogP contribution in [0.1, 0.15) is 19.3 Å². The molecular weight excluding hydrogens is 212 g/mol. The van der Waals surface area contributed by atoms with Crippen LogP contribution < -0.4 is 5.32 Å². The minimum absolute atomic E-state index is 0.106. The molecule has 2 fully saturated rings. The van der Waals surface area contributed by atoms with Crippen LogP contribution in [0, 0.1) is 0 Å². The minimum atomic E-state index is -2.90. The summed E-state index contributed by atoms with van der Waals surface area (Å²) in [6, 6.07) is -0.301. The minimum Gasteiger partial charge on any atom is -0.310 e. The highest BCUT2D eigenvalue weighted by molar-refractivity contribution is 7.91. The Bertz CT molecular complexity index is 320. The van der Waals surface area contributed by atoms with Gasteiger partial charge in [-0.3, -0.25) is 0 Å². The number of rotatable bonds is 2. The average Bonchev–Trinajstić information content (AvgIpc) is 2.26. The summed E-state index contributed by atoms with van der Waals surface area (Å²) in [5, 5.41) is 2.97. The van der Waals surface area contributed by atoms with Gasteiger partial charge >= 0.3 is 0 Å². The molecule has 0 amide bonds. The van der Waals surface area contributed by atoms with Crippen molar-refractivity contribution in [1.82, 2.24) is 5.32 Å². The lowest BCUT2D eigenvalue weighted by Crippen LogP contribution is -2.52. The number of halogens is 2. The Morgan fingerprint density at radius 2 is 1.86 bits per heavy atom. The van der Waals surface area contributed by atoms with Gasteiger partial charge in [-0.15, -0.1) is 0 Å². The third-order valence-corrected chi connectivity index (χ3v) is 4.56. The van der Waals surface area contributed by atoms with E-state index < -0.39 is 15.8 Å². The summed E-state index contributed by atoms with van der Waals surface area (Å²) in [6.07, 6.45) is 0.261. The van der Waals surface area contributed by atoms with E-state index in [1.165, 1.54) is 0 Å². The highest BCUT2D eigenvalue weighted by Gasteiger charge is 2.46. The molecule has 0 aromatic carbocycles. The van der Waals surface area contributed by atoms with Crippen molar-refractivity contribution < 1.29 is 17.2 Å². The van der Waals surface area contributed by atoms with E-state index >= 15 is 0 Å². The van der Waals surface area contributed by atoms with Gasteiger partial charge in [0.1, 0.15) is 0 Å². The summed E-state index contributed by atoms with van der Waals surface area (Å²) in [7, 11) is -2.90. The molecule has 0 radical (unpaired) electrons. The maximum Gasteiger partial charge on any atom is 0.251 e. The van der Waals surface area contributed by atoms with E-state index in [1.54, 1.807) is 0 Å². The molecule has 0 aromatic rings. The molecule has 0 aromatic heterocycles. The van der Waals surface area contributed by atoms with Crippen molar-refractivity contribution in [2.75, 3.05) is 11.5 Å². The van der Waals surface area contributed by atoms with E-state index in [0.717, 1.165) is 0 Å². The van der Waals surface area contributed by atoms with Crippen LogP contribution in [0.2, 0.25) is 0 Å². The van der Waals surface area contributed by atoms with Crippen molar-refractivity contribution in [3.63, 3.8) is 0 Å². The molecule has 1 unspecified atom stereocenters. The molecule has 1 saturated carbocycles. The van der Waals surface area contributed by atoms with Gasteiger partial charge in [-0.25, -0.2) is 17.2 Å². The van der Waals surface area contributed by atoms with Crippen LogP contribution in [0.4, 0.5) is 8.78 Å². The van der Waals surface area contributed by atoms with Crippen molar-refractivity contribution in [2.24, 2.45) is 0 Å². The number of hydrogen-bond acceptors (Lipinski definition) is 3. The average molecular weight is 225 g/mol. The second-order valence-electron chi connectivity index (χ2n) is 4.23. The summed E-state index contributed by atoms with van der Waals surface area (Å²) in [6.45, 7) is 0. The molecule has 1 aliphatic carbocycles. The highest BCUT2D eigenvalue weighted by Crippen LogP contribution is 2.37. The lowest BCUT2D eigenvalue weighted by molar-refractivity contribution is -0.0942. The summed E-state index contributed by atoms with van der Waals surface area (Å²) in [5.41, 5.74) is 0. The first-order valence-corrected chi connectivity index (χ1v) is 6.53. The van der Waals surface area contributed by atoms with Gasteiger partial charge in [0.15, 0.2) is 9.84 Å². The second-order valence-corrected chi connectivity index (χ2v) is 6.46. The molecule has 0 bridgehead atoms. The topological polar surface area (TPSA) is 46.2 Å². The van der Waals surface area contributed by atoms with Gasteiger partial charge in [0.25, 0.3) is 5.92 Å². The maximum absolute atomic E-state index is 12.5. The van der Waals surface area contributed by atoms with E-state index in [1.807, 2.05) is 0 Å². The monoisotopic (exact) mass is 225 g/mol. The first-order valence-electron chi connectivity index (χ1n) is 4.71. The van der Waals surface area contributed by atoms with Gasteiger partial charge in [-0.1, -0.05) is 0 Å². The molecule has 2 aliphatic rings. The van der Waals surface area contributed by atoms with Gasteiger partial charge in [-0.05, 0) is 6.42 Å². The normalized spacial score (nSPS) is 35.4. The molecule has 0 spiro atoms. The Balaban J connectivity index is 1.79. The molecule has 2 rings (SSSR count). The predicted octanol–water partition coefficient (Wildman–Crippen LogP) is 0.561. The van der Waals surface area contributed by atoms with Crippen molar-refractivity contribution in [3.05, 3.63) is 0 Å². The number of alkyl halides is 2. The zero-order valence-electron chi connectivity index (χ0n) is 7.67. The van der Waals surface area contributed by atoms with E-state index in [2.05, 4.69) is 5.32 Å². The first kappa shape index (κ1) is 10.3. The SMILES string of the molecule is O=S1(=O)CCC(NC2CC(F)(F)C2)C1. The fourth-order valence-electron chi connectivity index (χ4n) is 2.04. The van der Waals surface area contributed by atoms with Crippen LogP contribution in [-0.4, -0.2) is 37.9 Å². The molecule has 82 valence electrons. The molecule has 1 heterocycles. The van der Waals surface area contributed by atoms with E-state index in [9.17, 15) is 17.2 Å². The summed E-state index contributed by atoms with van der Waals surface area (Å²) in [5.74, 6) is -2.24. The Hall–Kier alpha value is -0.230. The quantitative estimate of drug-likeness (QED) is 0.747. The Morgan fingerprint density at radius 3 is 2.29 bits per heavy atom. The second kappa shape index (κ2) is 3.13. The zero-order chi connectivity index (χ0) is 10.4. The van der Waals surface area contributed by atoms with Crippen molar-refractivity contribution >= 4 is 9.84 Å². The third kappa shape index (κ3) is 2.23. The summed E-state index contributed by atoms with van der Waals surface area (Å²) >= 11 is 0. The molecule has 3 nitrogen and oxygen atoms in total. The van der Waals surface area contributed by atoms with Gasteiger partial charge < -0.3 is 5.32 Å². The number of sulfone groups is 1. The van der Waals surface area contributed by atoms with Crippen LogP contribution in [0.3, 0.4) is 0 Å². The van der Waals surface area contributed by atoms with Gasteiger partial charge in [0.05, 0.1) is 11.5 Å². The maximum atomic E-state index is 12.5. The van der Waals surface area contributed by atoms with Crippen LogP contribution in [0.5, 0.6) is 0 Å². The molecule has 1 aliphatic heterocycles. The Labute approximate surface area is 81.8 Å². The van der Waals surface area contributed by atoms with E-state index in [-0.39, 0.29) is 36.4 Å². The molecular formula is C8H13F2NO2S. The molecule has 1 saturated heterocycles. The van der Waals surface area contributed by atoms with Crippen LogP contribution in [-0.2, 0) is 9.84 Å². The molecule has 1 atom stereocenters. The van der Waals surface area contributed by atoms with Gasteiger partial charge in [-0.2, -0.15) is 0 Å². The van der Waals surface area contributed by atoms with Crippen molar-refractivity contribution in [3.8, 4) is 0 Å². The summed E-state index contributed by atoms with van der Waals surface area (Å²) < 4.78 is 47.0. The Morgan fingerprint density at radius 1 is 1.21 bits per heavy atom. The van der Waals surface area contributed by atoms with E-state index in [4.69, 9.17) is 0 Å². The molecule has 1 N–H and O–H groups in total. The largest absolute Gasteiger partial charge is 0.310 e. The first-order chi connectivity index (χ1) is 6.36. The van der Waals surface area contributed by atoms with Gasteiger partial charge in [0, 0.05) is 24.9 Å². The van der Waals surface area contributed by atoms with Crippen LogP contribution in [0.15, 0.2) is 0 Å². The number of hydrogen-bond donors (Lipinski definition) is 1. The Kier molecular flexibility index (Phi) is 2.30. The third-order valence-electron chi connectivity index (χ3n) is 2.79. The van der Waals surface area contributed by atoms with Crippen LogP contribution >= 0.6 is 0 Å². The molecule has 6 heteroatoms. The fourth-order valence-corrected chi connectivity index (χ4v) is 3.73. The van der Waals surface area contributed by atoms with E-state index in [0.29, 0.717) is 6.42 Å². The fraction of sp³-hybridized carbons (Fsp3) is 1.00. The molecule has 14 heavy (non-hydrogen) atoms. The number of nitrogens with one attached hydrogen (secondary N) is 1. The van der Waals surface area contributed by atoms with Gasteiger partial charge in [0.2, 0.25) is 0 Å². The lowest BCUT2D eigenvalue weighted by Gasteiger charge is -2.37. The van der Waals surface area contributed by atoms with Crippen molar-refractivity contribution in [1.29, 1.82) is 0 Å².